The summed E-state index contributed by atoms with van der Waals surface area (Å²) in [4.78, 5) is 0. The Bertz CT molecular complexity index is 451. The molecule has 0 bridgehead atoms. The van der Waals surface area contributed by atoms with Gasteiger partial charge in [-0.25, -0.2) is 0 Å². The van der Waals surface area contributed by atoms with Crippen LogP contribution < -0.4 is 0 Å². The molecule has 0 radical (unpaired) electrons. The van der Waals surface area contributed by atoms with Crippen LogP contribution in [0.4, 0.5) is 0 Å². The van der Waals surface area contributed by atoms with E-state index in [-0.39, 0.29) is 0 Å². The van der Waals surface area contributed by atoms with Crippen LogP contribution in [0.1, 0.15) is 37.7 Å². The first-order valence-electron chi connectivity index (χ1n) is 5.97. The van der Waals surface area contributed by atoms with Crippen molar-refractivity contribution in [2.45, 2.75) is 32.1 Å². The van der Waals surface area contributed by atoms with Gasteiger partial charge in [-0.05, 0) is 55.0 Å². The summed E-state index contributed by atoms with van der Waals surface area (Å²) < 4.78 is 0. The topological polar surface area (TPSA) is 32.6 Å². The van der Waals surface area contributed by atoms with Crippen molar-refractivity contribution < 1.29 is 5.21 Å². The fourth-order valence-corrected chi connectivity index (χ4v) is 2.36. The van der Waals surface area contributed by atoms with E-state index in [0.717, 1.165) is 47.6 Å². The Morgan fingerprint density at radius 2 is 2.00 bits per heavy atom. The molecule has 0 aromatic heterocycles. The van der Waals surface area contributed by atoms with Crippen LogP contribution in [0.2, 0.25) is 5.02 Å². The molecule has 1 N–H and O–H groups in total. The molecule has 0 heterocycles. The van der Waals surface area contributed by atoms with Crippen molar-refractivity contribution in [3.63, 3.8) is 0 Å². The Kier molecular flexibility index (Phi) is 4.21. The standard InChI is InChI=1S/C14H16ClNO/c15-13-7-4-5-11(10-13)9-12-6-2-1-3-8-14(12)16-17/h4-5,7,9-10,17H,1-3,6,8H2. The lowest BCUT2D eigenvalue weighted by Gasteiger charge is -2.05. The van der Waals surface area contributed by atoms with Gasteiger partial charge in [-0.2, -0.15) is 0 Å². The number of hydrogen-bond donors (Lipinski definition) is 1. The summed E-state index contributed by atoms with van der Waals surface area (Å²) >= 11 is 5.96. The molecule has 1 aromatic rings. The van der Waals surface area contributed by atoms with Crippen molar-refractivity contribution in [2.75, 3.05) is 0 Å². The van der Waals surface area contributed by atoms with Crippen LogP contribution in [0, 0.1) is 0 Å². The average Bonchev–Trinajstić information content (AvgIpc) is 2.54. The zero-order valence-corrected chi connectivity index (χ0v) is 10.5. The molecule has 1 aliphatic rings. The first-order valence-corrected chi connectivity index (χ1v) is 6.35. The summed E-state index contributed by atoms with van der Waals surface area (Å²) in [6, 6.07) is 7.73. The minimum atomic E-state index is 0.732. The first-order chi connectivity index (χ1) is 8.29. The second-order valence-electron chi connectivity index (χ2n) is 4.33. The molecule has 0 unspecified atom stereocenters. The minimum Gasteiger partial charge on any atom is -0.411 e. The largest absolute Gasteiger partial charge is 0.411 e. The van der Waals surface area contributed by atoms with Crippen LogP contribution in [-0.2, 0) is 0 Å². The van der Waals surface area contributed by atoms with E-state index < -0.39 is 0 Å². The van der Waals surface area contributed by atoms with Gasteiger partial charge in [-0.3, -0.25) is 0 Å². The number of nitrogens with zero attached hydrogens (tertiary/aromatic N) is 1. The molecule has 2 rings (SSSR count). The summed E-state index contributed by atoms with van der Waals surface area (Å²) in [6.07, 6.45) is 7.38. The quantitative estimate of drug-likeness (QED) is 0.443. The third-order valence-electron chi connectivity index (χ3n) is 3.04. The van der Waals surface area contributed by atoms with Gasteiger partial charge in [0.1, 0.15) is 0 Å². The van der Waals surface area contributed by atoms with E-state index in [4.69, 9.17) is 16.8 Å². The van der Waals surface area contributed by atoms with Crippen LogP contribution >= 0.6 is 11.6 Å². The lowest BCUT2D eigenvalue weighted by molar-refractivity contribution is 0.318. The molecule has 0 saturated heterocycles. The Morgan fingerprint density at radius 1 is 1.18 bits per heavy atom. The number of halogens is 1. The highest BCUT2D eigenvalue weighted by Gasteiger charge is 2.12. The van der Waals surface area contributed by atoms with Crippen molar-refractivity contribution in [3.05, 3.63) is 40.4 Å². The molecule has 2 nitrogen and oxygen atoms in total. The molecule has 0 spiro atoms. The van der Waals surface area contributed by atoms with Crippen LogP contribution in [0.15, 0.2) is 35.0 Å². The molecule has 90 valence electrons. The third-order valence-corrected chi connectivity index (χ3v) is 3.28. The summed E-state index contributed by atoms with van der Waals surface area (Å²) in [6.45, 7) is 0. The predicted octanol–water partition coefficient (Wildman–Crippen LogP) is 4.52. The number of benzene rings is 1. The molecule has 1 aliphatic carbocycles. The SMILES string of the molecule is ON=C1CCCCCC1=Cc1cccc(Cl)c1. The zero-order valence-electron chi connectivity index (χ0n) is 9.69. The van der Waals surface area contributed by atoms with Crippen molar-refractivity contribution in [2.24, 2.45) is 5.16 Å². The van der Waals surface area contributed by atoms with E-state index in [1.54, 1.807) is 0 Å². The molecule has 0 aliphatic heterocycles. The highest BCUT2D eigenvalue weighted by atomic mass is 35.5. The number of hydrogen-bond acceptors (Lipinski definition) is 2. The number of rotatable bonds is 1. The van der Waals surface area contributed by atoms with Gasteiger partial charge in [0.05, 0.1) is 5.71 Å². The van der Waals surface area contributed by atoms with Gasteiger partial charge in [0.15, 0.2) is 0 Å². The Morgan fingerprint density at radius 3 is 2.76 bits per heavy atom. The van der Waals surface area contributed by atoms with Gasteiger partial charge >= 0.3 is 0 Å². The Hall–Kier alpha value is -1.28. The van der Waals surface area contributed by atoms with Gasteiger partial charge in [-0.15, -0.1) is 0 Å². The zero-order chi connectivity index (χ0) is 12.1. The lowest BCUT2D eigenvalue weighted by Crippen LogP contribution is -2.00. The van der Waals surface area contributed by atoms with Gasteiger partial charge in [0.2, 0.25) is 0 Å². The summed E-state index contributed by atoms with van der Waals surface area (Å²) in [5, 5.41) is 13.2. The van der Waals surface area contributed by atoms with Crippen LogP contribution in [0.3, 0.4) is 0 Å². The molecular formula is C14H16ClNO. The molecular weight excluding hydrogens is 234 g/mol. The van der Waals surface area contributed by atoms with Gasteiger partial charge in [0, 0.05) is 5.02 Å². The summed E-state index contributed by atoms with van der Waals surface area (Å²) in [5.74, 6) is 0. The highest BCUT2D eigenvalue weighted by molar-refractivity contribution is 6.30. The summed E-state index contributed by atoms with van der Waals surface area (Å²) in [7, 11) is 0. The normalized spacial score (nSPS) is 21.7. The fraction of sp³-hybridized carbons (Fsp3) is 0.357. The van der Waals surface area contributed by atoms with E-state index in [1.165, 1.54) is 6.42 Å². The van der Waals surface area contributed by atoms with E-state index in [9.17, 15) is 0 Å². The van der Waals surface area contributed by atoms with Crippen molar-refractivity contribution in [1.82, 2.24) is 0 Å². The van der Waals surface area contributed by atoms with Gasteiger partial charge in [0.25, 0.3) is 0 Å². The maximum Gasteiger partial charge on any atom is 0.0827 e. The summed E-state index contributed by atoms with van der Waals surface area (Å²) in [5.41, 5.74) is 3.02. The van der Waals surface area contributed by atoms with Gasteiger partial charge < -0.3 is 5.21 Å². The molecule has 1 fully saturated rings. The molecule has 17 heavy (non-hydrogen) atoms. The third kappa shape index (κ3) is 3.34. The van der Waals surface area contributed by atoms with Crippen molar-refractivity contribution in [1.29, 1.82) is 0 Å². The van der Waals surface area contributed by atoms with E-state index in [2.05, 4.69) is 11.2 Å². The molecule has 0 atom stereocenters. The second-order valence-corrected chi connectivity index (χ2v) is 4.77. The van der Waals surface area contributed by atoms with E-state index in [0.29, 0.717) is 0 Å². The molecule has 1 aromatic carbocycles. The monoisotopic (exact) mass is 249 g/mol. The number of allylic oxidation sites excluding steroid dienone is 1. The maximum atomic E-state index is 9.04. The van der Waals surface area contributed by atoms with E-state index in [1.807, 2.05) is 24.3 Å². The van der Waals surface area contributed by atoms with Crippen molar-refractivity contribution >= 4 is 23.4 Å². The Balaban J connectivity index is 2.29. The highest BCUT2D eigenvalue weighted by Crippen LogP contribution is 2.23. The van der Waals surface area contributed by atoms with E-state index >= 15 is 0 Å². The second kappa shape index (κ2) is 5.87. The molecule has 3 heteroatoms. The van der Waals surface area contributed by atoms with Gasteiger partial charge in [-0.1, -0.05) is 35.3 Å². The van der Waals surface area contributed by atoms with Crippen LogP contribution in [0.25, 0.3) is 6.08 Å². The maximum absolute atomic E-state index is 9.04. The average molecular weight is 250 g/mol. The lowest BCUT2D eigenvalue weighted by atomic mass is 10.0. The van der Waals surface area contributed by atoms with Crippen LogP contribution in [0.5, 0.6) is 0 Å². The molecule has 1 saturated carbocycles. The Labute approximate surface area is 107 Å². The van der Waals surface area contributed by atoms with Crippen molar-refractivity contribution in [3.8, 4) is 0 Å². The predicted molar refractivity (Wildman–Crippen MR) is 71.7 cm³/mol. The smallest absolute Gasteiger partial charge is 0.0827 e. The molecule has 0 amide bonds. The first kappa shape index (κ1) is 12.2. The van der Waals surface area contributed by atoms with Crippen LogP contribution in [-0.4, -0.2) is 10.9 Å². The number of oxime groups is 1. The minimum absolute atomic E-state index is 0.732. The fourth-order valence-electron chi connectivity index (χ4n) is 2.16.